The van der Waals surface area contributed by atoms with Gasteiger partial charge in [0.15, 0.2) is 0 Å². The molecule has 6 nitrogen and oxygen atoms in total. The second-order valence-electron chi connectivity index (χ2n) is 6.21. The second kappa shape index (κ2) is 9.03. The van der Waals surface area contributed by atoms with Crippen molar-refractivity contribution in [2.45, 2.75) is 20.8 Å². The van der Waals surface area contributed by atoms with Gasteiger partial charge >= 0.3 is 10.4 Å². The van der Waals surface area contributed by atoms with E-state index in [-0.39, 0.29) is 0 Å². The van der Waals surface area contributed by atoms with Gasteiger partial charge in [-0.05, 0) is 79.6 Å². The highest BCUT2D eigenvalue weighted by atomic mass is 35.5. The summed E-state index contributed by atoms with van der Waals surface area (Å²) in [5, 5.41) is 9.52. The number of benzene rings is 2. The molecule has 1 aromatic heterocycles. The number of ether oxygens (including phenoxy) is 2. The molecule has 0 unspecified atom stereocenters. The van der Waals surface area contributed by atoms with Crippen molar-refractivity contribution in [3.8, 4) is 21.9 Å². The summed E-state index contributed by atoms with van der Waals surface area (Å²) in [6.45, 7) is 6.96. The van der Waals surface area contributed by atoms with E-state index in [1.54, 1.807) is 24.3 Å². The molecule has 0 spiro atoms. The summed E-state index contributed by atoms with van der Waals surface area (Å²) in [6.07, 6.45) is 1.83. The SMILES string of the molecule is CCN(C)C=Nc1cc(C)c(Oc2nnc(Oc3ccc(Cl)cc3)s2)cc1C. The van der Waals surface area contributed by atoms with Crippen LogP contribution in [0, 0.1) is 13.8 Å². The van der Waals surface area contributed by atoms with E-state index in [1.165, 1.54) is 11.3 Å². The van der Waals surface area contributed by atoms with Crippen molar-refractivity contribution in [2.75, 3.05) is 13.6 Å². The monoisotopic (exact) mass is 416 g/mol. The Balaban J connectivity index is 1.71. The van der Waals surface area contributed by atoms with Crippen LogP contribution in [0.2, 0.25) is 5.02 Å². The first kappa shape index (κ1) is 20.1. The number of aliphatic imine (C=N–C) groups is 1. The van der Waals surface area contributed by atoms with E-state index < -0.39 is 0 Å². The van der Waals surface area contributed by atoms with Crippen molar-refractivity contribution in [3.05, 3.63) is 52.5 Å². The normalized spacial score (nSPS) is 11.0. The fourth-order valence-corrected chi connectivity index (χ4v) is 2.95. The summed E-state index contributed by atoms with van der Waals surface area (Å²) < 4.78 is 11.6. The molecule has 0 aliphatic heterocycles. The van der Waals surface area contributed by atoms with Crippen molar-refractivity contribution in [3.63, 3.8) is 0 Å². The molecule has 0 amide bonds. The number of rotatable bonds is 7. The van der Waals surface area contributed by atoms with Crippen LogP contribution in [0.1, 0.15) is 18.1 Å². The maximum Gasteiger partial charge on any atom is 0.302 e. The van der Waals surface area contributed by atoms with Crippen LogP contribution in [0.5, 0.6) is 21.9 Å². The molecule has 0 aliphatic rings. The van der Waals surface area contributed by atoms with E-state index in [0.29, 0.717) is 21.2 Å². The van der Waals surface area contributed by atoms with Crippen LogP contribution in [-0.4, -0.2) is 35.0 Å². The van der Waals surface area contributed by atoms with Crippen LogP contribution in [0.15, 0.2) is 41.4 Å². The summed E-state index contributed by atoms with van der Waals surface area (Å²) >= 11 is 7.11. The maximum atomic E-state index is 5.91. The van der Waals surface area contributed by atoms with Gasteiger partial charge in [-0.1, -0.05) is 21.8 Å². The van der Waals surface area contributed by atoms with Crippen LogP contribution in [0.25, 0.3) is 0 Å². The van der Waals surface area contributed by atoms with Crippen molar-refractivity contribution in [2.24, 2.45) is 4.99 Å². The molecule has 8 heteroatoms. The highest BCUT2D eigenvalue weighted by Crippen LogP contribution is 2.35. The van der Waals surface area contributed by atoms with Gasteiger partial charge in [0.05, 0.1) is 12.0 Å². The van der Waals surface area contributed by atoms with Crippen LogP contribution in [0.4, 0.5) is 5.69 Å². The predicted molar refractivity (Wildman–Crippen MR) is 114 cm³/mol. The number of aryl methyl sites for hydroxylation is 2. The summed E-state index contributed by atoms with van der Waals surface area (Å²) in [4.78, 5) is 6.55. The maximum absolute atomic E-state index is 5.91. The Bertz CT molecular complexity index is 973. The van der Waals surface area contributed by atoms with Crippen molar-refractivity contribution >= 4 is 35.0 Å². The van der Waals surface area contributed by atoms with Gasteiger partial charge in [-0.25, -0.2) is 4.99 Å². The number of hydrogen-bond acceptors (Lipinski definition) is 6. The molecule has 0 atom stereocenters. The van der Waals surface area contributed by atoms with Gasteiger partial charge in [0.1, 0.15) is 11.5 Å². The molecule has 0 N–H and O–H groups in total. The van der Waals surface area contributed by atoms with Crippen LogP contribution < -0.4 is 9.47 Å². The zero-order chi connectivity index (χ0) is 20.1. The molecule has 3 aromatic rings. The highest BCUT2D eigenvalue weighted by molar-refractivity contribution is 7.14. The zero-order valence-corrected chi connectivity index (χ0v) is 17.7. The quantitative estimate of drug-likeness (QED) is 0.349. The summed E-state index contributed by atoms with van der Waals surface area (Å²) in [7, 11) is 1.99. The molecular formula is C20H21ClN4O2S. The van der Waals surface area contributed by atoms with E-state index >= 15 is 0 Å². The summed E-state index contributed by atoms with van der Waals surface area (Å²) in [5.41, 5.74) is 2.89. The van der Waals surface area contributed by atoms with Gasteiger partial charge in [-0.15, -0.1) is 0 Å². The Labute approximate surface area is 173 Å². The average molecular weight is 417 g/mol. The van der Waals surface area contributed by atoms with E-state index in [2.05, 4.69) is 22.1 Å². The molecule has 0 fully saturated rings. The average Bonchev–Trinajstić information content (AvgIpc) is 3.11. The Hall–Kier alpha value is -2.64. The number of nitrogens with zero attached hydrogens (tertiary/aromatic N) is 4. The van der Waals surface area contributed by atoms with Gasteiger partial charge in [0, 0.05) is 18.6 Å². The third-order valence-electron chi connectivity index (χ3n) is 3.99. The first-order chi connectivity index (χ1) is 13.4. The molecular weight excluding hydrogens is 396 g/mol. The lowest BCUT2D eigenvalue weighted by Gasteiger charge is -2.11. The Morgan fingerprint density at radius 1 is 1.07 bits per heavy atom. The van der Waals surface area contributed by atoms with Crippen LogP contribution in [-0.2, 0) is 0 Å². The molecule has 0 bridgehead atoms. The van der Waals surface area contributed by atoms with Gasteiger partial charge in [0.25, 0.3) is 0 Å². The van der Waals surface area contributed by atoms with Gasteiger partial charge in [-0.3, -0.25) is 0 Å². The standard InChI is InChI=1S/C20H21ClN4O2S/c1-5-25(4)12-22-17-10-14(3)18(11-13(17)2)27-20-24-23-19(28-20)26-16-8-6-15(21)7-9-16/h6-12H,5H2,1-4H3. The van der Waals surface area contributed by atoms with E-state index in [0.717, 1.165) is 29.1 Å². The first-order valence-corrected chi connectivity index (χ1v) is 9.94. The fourth-order valence-electron chi connectivity index (χ4n) is 2.24. The zero-order valence-electron chi connectivity index (χ0n) is 16.1. The van der Waals surface area contributed by atoms with Crippen molar-refractivity contribution < 1.29 is 9.47 Å². The summed E-state index contributed by atoms with van der Waals surface area (Å²) in [6, 6.07) is 11.0. The minimum atomic E-state index is 0.399. The minimum absolute atomic E-state index is 0.399. The minimum Gasteiger partial charge on any atom is -0.430 e. The smallest absolute Gasteiger partial charge is 0.302 e. The predicted octanol–water partition coefficient (Wildman–Crippen LogP) is 6.00. The summed E-state index contributed by atoms with van der Waals surface area (Å²) in [5.74, 6) is 1.35. The molecule has 0 aliphatic carbocycles. The third-order valence-corrected chi connectivity index (χ3v) is 4.92. The number of hydrogen-bond donors (Lipinski definition) is 0. The Morgan fingerprint density at radius 3 is 2.43 bits per heavy atom. The van der Waals surface area contributed by atoms with Crippen LogP contribution >= 0.6 is 22.9 Å². The number of halogens is 1. The van der Waals surface area contributed by atoms with E-state index in [1.807, 2.05) is 44.3 Å². The molecule has 2 aromatic carbocycles. The lowest BCUT2D eigenvalue weighted by Crippen LogP contribution is -2.14. The Morgan fingerprint density at radius 2 is 1.75 bits per heavy atom. The van der Waals surface area contributed by atoms with E-state index in [4.69, 9.17) is 21.1 Å². The molecule has 0 saturated heterocycles. The van der Waals surface area contributed by atoms with E-state index in [9.17, 15) is 0 Å². The van der Waals surface area contributed by atoms with Crippen molar-refractivity contribution in [1.82, 2.24) is 15.1 Å². The highest BCUT2D eigenvalue weighted by Gasteiger charge is 2.12. The van der Waals surface area contributed by atoms with Gasteiger partial charge in [0.2, 0.25) is 0 Å². The lowest BCUT2D eigenvalue weighted by molar-refractivity contribution is 0.459. The number of aromatic nitrogens is 2. The lowest BCUT2D eigenvalue weighted by atomic mass is 10.1. The Kier molecular flexibility index (Phi) is 6.49. The molecule has 3 rings (SSSR count). The molecule has 0 saturated carbocycles. The van der Waals surface area contributed by atoms with Gasteiger partial charge in [-0.2, -0.15) is 0 Å². The largest absolute Gasteiger partial charge is 0.430 e. The van der Waals surface area contributed by atoms with Gasteiger partial charge < -0.3 is 14.4 Å². The van der Waals surface area contributed by atoms with Crippen LogP contribution in [0.3, 0.4) is 0 Å². The molecule has 1 heterocycles. The first-order valence-electron chi connectivity index (χ1n) is 8.75. The topological polar surface area (TPSA) is 59.8 Å². The molecule has 0 radical (unpaired) electrons. The van der Waals surface area contributed by atoms with Crippen molar-refractivity contribution in [1.29, 1.82) is 0 Å². The molecule has 28 heavy (non-hydrogen) atoms. The second-order valence-corrected chi connectivity index (χ2v) is 7.55. The fraction of sp³-hybridized carbons (Fsp3) is 0.250. The molecule has 146 valence electrons. The third kappa shape index (κ3) is 5.21.